The topological polar surface area (TPSA) is 93.1 Å². The van der Waals surface area contributed by atoms with E-state index in [1.807, 2.05) is 66.9 Å². The van der Waals surface area contributed by atoms with Crippen molar-refractivity contribution in [3.63, 3.8) is 0 Å². The molecule has 7 nitrogen and oxygen atoms in total. The molecule has 2 N–H and O–H groups in total. The summed E-state index contributed by atoms with van der Waals surface area (Å²) in [4.78, 5) is 11.3. The Morgan fingerprint density at radius 1 is 0.906 bits per heavy atom. The van der Waals surface area contributed by atoms with Gasteiger partial charge in [-0.3, -0.25) is 4.79 Å². The van der Waals surface area contributed by atoms with Gasteiger partial charge in [0.1, 0.15) is 0 Å². The van der Waals surface area contributed by atoms with E-state index in [1.54, 1.807) is 16.8 Å². The lowest BCUT2D eigenvalue weighted by Crippen LogP contribution is -2.23. The van der Waals surface area contributed by atoms with E-state index in [-0.39, 0.29) is 17.3 Å². The van der Waals surface area contributed by atoms with Gasteiger partial charge in [-0.2, -0.15) is 5.10 Å². The maximum Gasteiger partial charge on any atom is 0.240 e. The Bertz CT molecular complexity index is 1320. The quantitative estimate of drug-likeness (QED) is 0.449. The second kappa shape index (κ2) is 9.17. The normalized spacial score (nSPS) is 11.3. The Morgan fingerprint density at radius 3 is 2.16 bits per heavy atom. The third-order valence-electron chi connectivity index (χ3n) is 4.80. The molecule has 4 rings (SSSR count). The molecule has 0 aliphatic heterocycles. The monoisotopic (exact) mass is 446 g/mol. The lowest BCUT2D eigenvalue weighted by Gasteiger charge is -2.08. The molecule has 0 saturated heterocycles. The number of carbonyl (C=O) groups excluding carboxylic acids is 1. The first kappa shape index (κ1) is 21.5. The zero-order chi connectivity index (χ0) is 22.6. The summed E-state index contributed by atoms with van der Waals surface area (Å²) in [5, 5.41) is 7.32. The van der Waals surface area contributed by atoms with E-state index in [9.17, 15) is 13.2 Å². The predicted octanol–water partition coefficient (Wildman–Crippen LogP) is 3.98. The Hall–Kier alpha value is -3.75. The highest BCUT2D eigenvalue weighted by Crippen LogP contribution is 2.24. The van der Waals surface area contributed by atoms with Gasteiger partial charge < -0.3 is 5.32 Å². The molecule has 8 heteroatoms. The van der Waals surface area contributed by atoms with E-state index in [0.29, 0.717) is 11.4 Å². The van der Waals surface area contributed by atoms with Crippen LogP contribution in [0.2, 0.25) is 0 Å². The maximum atomic E-state index is 12.8. The zero-order valence-electron chi connectivity index (χ0n) is 17.4. The molecule has 1 amide bonds. The van der Waals surface area contributed by atoms with E-state index < -0.39 is 10.0 Å². The van der Waals surface area contributed by atoms with E-state index in [2.05, 4.69) is 10.0 Å². The molecule has 162 valence electrons. The SMILES string of the molecule is CC(=O)Nc1ccc(S(=O)(=O)NCc2cn(-c3ccccc3)nc2-c2ccccc2)cc1. The lowest BCUT2D eigenvalue weighted by atomic mass is 10.1. The minimum Gasteiger partial charge on any atom is -0.326 e. The summed E-state index contributed by atoms with van der Waals surface area (Å²) in [7, 11) is -3.76. The van der Waals surface area contributed by atoms with Crippen molar-refractivity contribution in [2.24, 2.45) is 0 Å². The van der Waals surface area contributed by atoms with Crippen LogP contribution in [-0.2, 0) is 21.4 Å². The number of carbonyl (C=O) groups is 1. The van der Waals surface area contributed by atoms with Crippen LogP contribution in [0, 0.1) is 0 Å². The van der Waals surface area contributed by atoms with Crippen molar-refractivity contribution in [1.29, 1.82) is 0 Å². The van der Waals surface area contributed by atoms with Crippen molar-refractivity contribution in [1.82, 2.24) is 14.5 Å². The van der Waals surface area contributed by atoms with Crippen LogP contribution in [0.5, 0.6) is 0 Å². The standard InChI is InChI=1S/C24H22N4O3S/c1-18(29)26-21-12-14-23(15-13-21)32(30,31)25-16-20-17-28(22-10-6-3-7-11-22)27-24(20)19-8-4-2-5-9-19/h2-15,17,25H,16H2,1H3,(H,26,29). The second-order valence-corrected chi connectivity index (χ2v) is 8.95. The molecule has 0 bridgehead atoms. The first-order chi connectivity index (χ1) is 15.4. The fourth-order valence-corrected chi connectivity index (χ4v) is 4.27. The minimum atomic E-state index is -3.76. The average Bonchev–Trinajstić information content (AvgIpc) is 3.23. The van der Waals surface area contributed by atoms with E-state index >= 15 is 0 Å². The molecular formula is C24H22N4O3S. The van der Waals surface area contributed by atoms with Crippen LogP contribution in [0.15, 0.2) is 96.0 Å². The largest absolute Gasteiger partial charge is 0.326 e. The summed E-state index contributed by atoms with van der Waals surface area (Å²) < 4.78 is 30.1. The van der Waals surface area contributed by atoms with Gasteiger partial charge in [0.15, 0.2) is 0 Å². The molecule has 1 aromatic heterocycles. The number of para-hydroxylation sites is 1. The van der Waals surface area contributed by atoms with Crippen molar-refractivity contribution in [2.45, 2.75) is 18.4 Å². The lowest BCUT2D eigenvalue weighted by molar-refractivity contribution is -0.114. The summed E-state index contributed by atoms with van der Waals surface area (Å²) in [5.74, 6) is -0.220. The first-order valence-electron chi connectivity index (χ1n) is 9.99. The summed E-state index contributed by atoms with van der Waals surface area (Å²) in [6.45, 7) is 1.47. The fourth-order valence-electron chi connectivity index (χ4n) is 3.27. The van der Waals surface area contributed by atoms with Crippen LogP contribution in [0.1, 0.15) is 12.5 Å². The summed E-state index contributed by atoms with van der Waals surface area (Å²) >= 11 is 0. The molecule has 1 heterocycles. The van der Waals surface area contributed by atoms with Crippen molar-refractivity contribution in [2.75, 3.05) is 5.32 Å². The summed E-state index contributed by atoms with van der Waals surface area (Å²) in [5.41, 5.74) is 3.77. The second-order valence-electron chi connectivity index (χ2n) is 7.18. The smallest absolute Gasteiger partial charge is 0.240 e. The van der Waals surface area contributed by atoms with E-state index in [1.165, 1.54) is 19.1 Å². The van der Waals surface area contributed by atoms with Crippen molar-refractivity contribution in [3.8, 4) is 16.9 Å². The number of rotatable bonds is 7. The molecule has 0 aliphatic carbocycles. The van der Waals surface area contributed by atoms with Crippen molar-refractivity contribution >= 4 is 21.6 Å². The van der Waals surface area contributed by atoms with Crippen LogP contribution in [0.4, 0.5) is 5.69 Å². The highest BCUT2D eigenvalue weighted by atomic mass is 32.2. The maximum absolute atomic E-state index is 12.8. The third kappa shape index (κ3) is 4.93. The van der Waals surface area contributed by atoms with Crippen LogP contribution in [0.3, 0.4) is 0 Å². The Kier molecular flexibility index (Phi) is 6.16. The number of sulfonamides is 1. The minimum absolute atomic E-state index is 0.0762. The average molecular weight is 447 g/mol. The molecule has 0 atom stereocenters. The number of hydrogen-bond acceptors (Lipinski definition) is 4. The number of hydrogen-bond donors (Lipinski definition) is 2. The Labute approximate surface area is 186 Å². The molecule has 3 aromatic carbocycles. The highest BCUT2D eigenvalue weighted by Gasteiger charge is 2.18. The number of benzene rings is 3. The summed E-state index contributed by atoms with van der Waals surface area (Å²) in [6, 6.07) is 25.3. The van der Waals surface area contributed by atoms with Gasteiger partial charge >= 0.3 is 0 Å². The molecule has 0 fully saturated rings. The van der Waals surface area contributed by atoms with Gasteiger partial charge in [-0.25, -0.2) is 17.8 Å². The molecule has 32 heavy (non-hydrogen) atoms. The zero-order valence-corrected chi connectivity index (χ0v) is 18.2. The number of nitrogens with zero attached hydrogens (tertiary/aromatic N) is 2. The fraction of sp³-hybridized carbons (Fsp3) is 0.0833. The third-order valence-corrected chi connectivity index (χ3v) is 6.21. The Balaban J connectivity index is 1.60. The highest BCUT2D eigenvalue weighted by molar-refractivity contribution is 7.89. The molecule has 0 aliphatic rings. The van der Waals surface area contributed by atoms with Crippen LogP contribution >= 0.6 is 0 Å². The molecule has 0 unspecified atom stereocenters. The molecule has 0 saturated carbocycles. The van der Waals surface area contributed by atoms with Gasteiger partial charge in [0.2, 0.25) is 15.9 Å². The van der Waals surface area contributed by atoms with Gasteiger partial charge in [0.05, 0.1) is 16.3 Å². The number of aromatic nitrogens is 2. The molecule has 4 aromatic rings. The van der Waals surface area contributed by atoms with Crippen LogP contribution in [-0.4, -0.2) is 24.1 Å². The van der Waals surface area contributed by atoms with E-state index in [4.69, 9.17) is 5.10 Å². The first-order valence-corrected chi connectivity index (χ1v) is 11.5. The van der Waals surface area contributed by atoms with Gasteiger partial charge in [0, 0.05) is 36.5 Å². The summed E-state index contributed by atoms with van der Waals surface area (Å²) in [6.07, 6.45) is 1.83. The van der Waals surface area contributed by atoms with Gasteiger partial charge in [-0.15, -0.1) is 0 Å². The molecule has 0 spiro atoms. The number of anilines is 1. The van der Waals surface area contributed by atoms with Gasteiger partial charge in [-0.05, 0) is 36.4 Å². The Morgan fingerprint density at radius 2 is 1.53 bits per heavy atom. The number of amides is 1. The van der Waals surface area contributed by atoms with Crippen molar-refractivity contribution < 1.29 is 13.2 Å². The molecular weight excluding hydrogens is 424 g/mol. The molecule has 0 radical (unpaired) electrons. The van der Waals surface area contributed by atoms with Crippen molar-refractivity contribution in [3.05, 3.63) is 96.7 Å². The van der Waals surface area contributed by atoms with Gasteiger partial charge in [0.25, 0.3) is 0 Å². The van der Waals surface area contributed by atoms with E-state index in [0.717, 1.165) is 16.8 Å². The number of nitrogens with one attached hydrogen (secondary N) is 2. The predicted molar refractivity (Wildman–Crippen MR) is 124 cm³/mol. The van der Waals surface area contributed by atoms with Gasteiger partial charge in [-0.1, -0.05) is 48.5 Å². The van der Waals surface area contributed by atoms with Crippen LogP contribution < -0.4 is 10.0 Å². The van der Waals surface area contributed by atoms with Crippen LogP contribution in [0.25, 0.3) is 16.9 Å².